The molecule has 2 nitrogen and oxygen atoms in total. The average molecular weight is 285 g/mol. The highest BCUT2D eigenvalue weighted by molar-refractivity contribution is 6.31. The Hall–Kier alpha value is -0.640. The van der Waals surface area contributed by atoms with Crippen molar-refractivity contribution in [3.05, 3.63) is 34.6 Å². The first-order valence-electron chi connectivity index (χ1n) is 6.95. The van der Waals surface area contributed by atoms with E-state index in [1.807, 2.05) is 0 Å². The van der Waals surface area contributed by atoms with Gasteiger partial charge in [0.25, 0.3) is 0 Å². The summed E-state index contributed by atoms with van der Waals surface area (Å²) in [5, 5.41) is 3.90. The maximum absolute atomic E-state index is 13.9. The van der Waals surface area contributed by atoms with Crippen LogP contribution in [0.3, 0.4) is 0 Å². The lowest BCUT2D eigenvalue weighted by Crippen LogP contribution is -2.39. The molecule has 0 saturated carbocycles. The summed E-state index contributed by atoms with van der Waals surface area (Å²) in [6.07, 6.45) is 1.12. The number of hydrogen-bond donors (Lipinski definition) is 1. The standard InChI is InChI=1S/C15H22ClFN2/c1-11(2)9-19(12-6-7-18-8-12)10-13-14(16)4-3-5-15(13)17/h3-5,11-12,18H,6-10H2,1-2H3/t12-/m0/s1. The van der Waals surface area contributed by atoms with Crippen molar-refractivity contribution in [2.24, 2.45) is 5.92 Å². The van der Waals surface area contributed by atoms with Crippen LogP contribution in [0.2, 0.25) is 5.02 Å². The third-order valence-electron chi connectivity index (χ3n) is 3.57. The highest BCUT2D eigenvalue weighted by Gasteiger charge is 2.24. The minimum atomic E-state index is -0.202. The Kier molecular flexibility index (Phi) is 5.20. The van der Waals surface area contributed by atoms with E-state index in [1.165, 1.54) is 6.07 Å². The Morgan fingerprint density at radius 1 is 1.47 bits per heavy atom. The summed E-state index contributed by atoms with van der Waals surface area (Å²) in [5.74, 6) is 0.360. The largest absolute Gasteiger partial charge is 0.315 e. The van der Waals surface area contributed by atoms with Gasteiger partial charge in [-0.05, 0) is 31.0 Å². The van der Waals surface area contributed by atoms with Crippen LogP contribution in [0.1, 0.15) is 25.8 Å². The number of rotatable bonds is 5. The summed E-state index contributed by atoms with van der Waals surface area (Å²) >= 11 is 6.13. The Balaban J connectivity index is 2.14. The Labute approximate surface area is 119 Å². The third kappa shape index (κ3) is 3.91. The van der Waals surface area contributed by atoms with Crippen LogP contribution < -0.4 is 5.32 Å². The first-order chi connectivity index (χ1) is 9.08. The molecule has 0 bridgehead atoms. The van der Waals surface area contributed by atoms with Gasteiger partial charge in [0.05, 0.1) is 0 Å². The molecule has 0 radical (unpaired) electrons. The molecule has 1 atom stereocenters. The van der Waals surface area contributed by atoms with Crippen LogP contribution in [0.5, 0.6) is 0 Å². The number of hydrogen-bond acceptors (Lipinski definition) is 2. The van der Waals surface area contributed by atoms with E-state index in [1.54, 1.807) is 12.1 Å². The molecule has 1 N–H and O–H groups in total. The van der Waals surface area contributed by atoms with E-state index in [4.69, 9.17) is 11.6 Å². The zero-order chi connectivity index (χ0) is 13.8. The van der Waals surface area contributed by atoms with E-state index in [0.717, 1.165) is 26.1 Å². The lowest BCUT2D eigenvalue weighted by molar-refractivity contribution is 0.175. The number of benzene rings is 1. The van der Waals surface area contributed by atoms with Crippen LogP contribution in [-0.2, 0) is 6.54 Å². The van der Waals surface area contributed by atoms with Crippen molar-refractivity contribution in [1.29, 1.82) is 0 Å². The maximum atomic E-state index is 13.9. The molecule has 1 aromatic rings. The zero-order valence-electron chi connectivity index (χ0n) is 11.6. The molecule has 1 heterocycles. The smallest absolute Gasteiger partial charge is 0.129 e. The molecule has 2 rings (SSSR count). The van der Waals surface area contributed by atoms with Crippen LogP contribution in [-0.4, -0.2) is 30.6 Å². The summed E-state index contributed by atoms with van der Waals surface area (Å²) in [7, 11) is 0. The van der Waals surface area contributed by atoms with E-state index in [-0.39, 0.29) is 5.82 Å². The predicted octanol–water partition coefficient (Wildman–Crippen LogP) is 3.30. The zero-order valence-corrected chi connectivity index (χ0v) is 12.4. The fourth-order valence-corrected chi connectivity index (χ4v) is 2.87. The van der Waals surface area contributed by atoms with Crippen molar-refractivity contribution in [1.82, 2.24) is 10.2 Å². The molecular weight excluding hydrogens is 263 g/mol. The molecule has 0 aromatic heterocycles. The van der Waals surface area contributed by atoms with E-state index in [2.05, 4.69) is 24.1 Å². The first kappa shape index (κ1) is 14.8. The highest BCUT2D eigenvalue weighted by Crippen LogP contribution is 2.23. The summed E-state index contributed by atoms with van der Waals surface area (Å²) in [4.78, 5) is 2.36. The van der Waals surface area contributed by atoms with Crippen molar-refractivity contribution in [3.63, 3.8) is 0 Å². The van der Waals surface area contributed by atoms with Gasteiger partial charge in [0.15, 0.2) is 0 Å². The molecule has 0 aliphatic carbocycles. The molecule has 1 aromatic carbocycles. The summed E-state index contributed by atoms with van der Waals surface area (Å²) in [6, 6.07) is 5.39. The molecule has 1 saturated heterocycles. The lowest BCUT2D eigenvalue weighted by atomic mass is 10.1. The minimum absolute atomic E-state index is 0.202. The number of nitrogens with one attached hydrogen (secondary N) is 1. The molecule has 1 aliphatic rings. The van der Waals surface area contributed by atoms with Gasteiger partial charge in [-0.3, -0.25) is 4.90 Å². The van der Waals surface area contributed by atoms with E-state index < -0.39 is 0 Å². The van der Waals surface area contributed by atoms with Gasteiger partial charge in [0.1, 0.15) is 5.82 Å². The fourth-order valence-electron chi connectivity index (χ4n) is 2.65. The SMILES string of the molecule is CC(C)CN(Cc1c(F)cccc1Cl)[C@H]1CCNC1. The van der Waals surface area contributed by atoms with Gasteiger partial charge in [-0.25, -0.2) is 4.39 Å². The monoisotopic (exact) mass is 284 g/mol. The second kappa shape index (κ2) is 6.69. The Morgan fingerprint density at radius 3 is 2.84 bits per heavy atom. The van der Waals surface area contributed by atoms with Crippen molar-refractivity contribution in [2.45, 2.75) is 32.9 Å². The van der Waals surface area contributed by atoms with Gasteiger partial charge in [0.2, 0.25) is 0 Å². The maximum Gasteiger partial charge on any atom is 0.129 e. The third-order valence-corrected chi connectivity index (χ3v) is 3.93. The van der Waals surface area contributed by atoms with Gasteiger partial charge in [0, 0.05) is 36.3 Å². The van der Waals surface area contributed by atoms with Crippen LogP contribution >= 0.6 is 11.6 Å². The van der Waals surface area contributed by atoms with Gasteiger partial charge in [-0.1, -0.05) is 31.5 Å². The van der Waals surface area contributed by atoms with Crippen molar-refractivity contribution in [2.75, 3.05) is 19.6 Å². The second-order valence-corrected chi connectivity index (χ2v) is 6.08. The normalized spacial score (nSPS) is 19.6. The van der Waals surface area contributed by atoms with Crippen molar-refractivity contribution in [3.8, 4) is 0 Å². The van der Waals surface area contributed by atoms with Crippen LogP contribution in [0, 0.1) is 11.7 Å². The number of halogens is 2. The van der Waals surface area contributed by atoms with Crippen LogP contribution in [0.25, 0.3) is 0 Å². The van der Waals surface area contributed by atoms with E-state index >= 15 is 0 Å². The van der Waals surface area contributed by atoms with Crippen LogP contribution in [0.15, 0.2) is 18.2 Å². The van der Waals surface area contributed by atoms with Crippen molar-refractivity contribution < 1.29 is 4.39 Å². The van der Waals surface area contributed by atoms with Gasteiger partial charge >= 0.3 is 0 Å². The topological polar surface area (TPSA) is 15.3 Å². The highest BCUT2D eigenvalue weighted by atomic mass is 35.5. The average Bonchev–Trinajstić information content (AvgIpc) is 2.85. The Bertz CT molecular complexity index is 396. The second-order valence-electron chi connectivity index (χ2n) is 5.67. The molecule has 4 heteroatoms. The summed E-state index contributed by atoms with van der Waals surface area (Å²) in [5.41, 5.74) is 0.622. The number of nitrogens with zero attached hydrogens (tertiary/aromatic N) is 1. The van der Waals surface area contributed by atoms with Crippen molar-refractivity contribution >= 4 is 11.6 Å². The molecule has 1 fully saturated rings. The van der Waals surface area contributed by atoms with Gasteiger partial charge in [-0.15, -0.1) is 0 Å². The molecule has 0 spiro atoms. The summed E-state index contributed by atoms with van der Waals surface area (Å²) in [6.45, 7) is 7.98. The lowest BCUT2D eigenvalue weighted by Gasteiger charge is -2.30. The molecular formula is C15H22ClFN2. The van der Waals surface area contributed by atoms with E-state index in [9.17, 15) is 4.39 Å². The first-order valence-corrected chi connectivity index (χ1v) is 7.33. The molecule has 1 aliphatic heterocycles. The van der Waals surface area contributed by atoms with Gasteiger partial charge < -0.3 is 5.32 Å². The summed E-state index contributed by atoms with van der Waals surface area (Å²) < 4.78 is 13.9. The molecule has 19 heavy (non-hydrogen) atoms. The quantitative estimate of drug-likeness (QED) is 0.892. The fraction of sp³-hybridized carbons (Fsp3) is 0.600. The van der Waals surface area contributed by atoms with Gasteiger partial charge in [-0.2, -0.15) is 0 Å². The molecule has 0 amide bonds. The molecule has 0 unspecified atom stereocenters. The van der Waals surface area contributed by atoms with Crippen LogP contribution in [0.4, 0.5) is 4.39 Å². The Morgan fingerprint density at radius 2 is 2.26 bits per heavy atom. The van der Waals surface area contributed by atoms with E-state index in [0.29, 0.717) is 29.1 Å². The molecule has 106 valence electrons. The minimum Gasteiger partial charge on any atom is -0.315 e. The predicted molar refractivity (Wildman–Crippen MR) is 77.9 cm³/mol.